The number of carbonyl (C=O) groups is 1. The van der Waals surface area contributed by atoms with Crippen LogP contribution in [0.15, 0.2) is 12.1 Å². The molecule has 0 unspecified atom stereocenters. The van der Waals surface area contributed by atoms with Gasteiger partial charge in [0.15, 0.2) is 0 Å². The summed E-state index contributed by atoms with van der Waals surface area (Å²) < 4.78 is 4.59. The predicted molar refractivity (Wildman–Crippen MR) is 62.1 cm³/mol. The topological polar surface area (TPSA) is 58.6 Å². The number of hydrogen-bond donors (Lipinski definition) is 2. The highest BCUT2D eigenvalue weighted by Crippen LogP contribution is 2.28. The summed E-state index contributed by atoms with van der Waals surface area (Å²) >= 11 is 0. The number of carbonyl (C=O) groups excluding carboxylic acids is 1. The summed E-state index contributed by atoms with van der Waals surface area (Å²) in [6, 6.07) is 3.46. The van der Waals surface area contributed by atoms with Crippen molar-refractivity contribution in [2.24, 2.45) is 0 Å². The molecule has 1 heterocycles. The summed E-state index contributed by atoms with van der Waals surface area (Å²) in [7, 11) is 1.31. The van der Waals surface area contributed by atoms with Crippen LogP contribution in [0.2, 0.25) is 0 Å². The molecule has 0 spiro atoms. The Balaban J connectivity index is 0.00000128. The van der Waals surface area contributed by atoms with E-state index in [4.69, 9.17) is 0 Å². The van der Waals surface area contributed by atoms with E-state index >= 15 is 0 Å². The minimum atomic E-state index is -0.492. The summed E-state index contributed by atoms with van der Waals surface area (Å²) in [5, 5.41) is 13.1. The van der Waals surface area contributed by atoms with E-state index in [-0.39, 0.29) is 23.7 Å². The van der Waals surface area contributed by atoms with Gasteiger partial charge in [-0.25, -0.2) is 4.79 Å². The second-order valence-electron chi connectivity index (χ2n) is 3.52. The Morgan fingerprint density at radius 3 is 2.94 bits per heavy atom. The molecule has 0 fully saturated rings. The monoisotopic (exact) mass is 243 g/mol. The van der Waals surface area contributed by atoms with Crippen LogP contribution in [0.25, 0.3) is 0 Å². The molecule has 1 aromatic rings. The van der Waals surface area contributed by atoms with Crippen LogP contribution in [0, 0.1) is 0 Å². The lowest BCUT2D eigenvalue weighted by molar-refractivity contribution is 0.0597. The lowest BCUT2D eigenvalue weighted by atomic mass is 9.97. The van der Waals surface area contributed by atoms with Crippen molar-refractivity contribution in [2.75, 3.05) is 13.7 Å². The Kier molecular flexibility index (Phi) is 4.15. The Labute approximate surface area is 100 Å². The second-order valence-corrected chi connectivity index (χ2v) is 3.52. The van der Waals surface area contributed by atoms with Gasteiger partial charge in [0, 0.05) is 12.1 Å². The van der Waals surface area contributed by atoms with Crippen molar-refractivity contribution >= 4 is 18.4 Å². The Morgan fingerprint density at radius 1 is 1.50 bits per heavy atom. The Hall–Kier alpha value is -1.26. The van der Waals surface area contributed by atoms with Gasteiger partial charge in [-0.2, -0.15) is 0 Å². The van der Waals surface area contributed by atoms with Gasteiger partial charge in [0.1, 0.15) is 11.3 Å². The van der Waals surface area contributed by atoms with Crippen LogP contribution in [0.5, 0.6) is 5.75 Å². The number of phenolic OH excluding ortho intramolecular Hbond substituents is 1. The van der Waals surface area contributed by atoms with Crippen molar-refractivity contribution in [3.05, 3.63) is 28.8 Å². The fourth-order valence-electron chi connectivity index (χ4n) is 1.83. The molecule has 0 aliphatic carbocycles. The maximum atomic E-state index is 11.3. The van der Waals surface area contributed by atoms with Gasteiger partial charge in [-0.1, -0.05) is 6.07 Å². The average molecular weight is 244 g/mol. The molecule has 4 nitrogen and oxygen atoms in total. The number of halogens is 1. The SMILES string of the molecule is COC(=O)c1ccc2c(c1O)CCNC2.Cl. The molecule has 1 aliphatic heterocycles. The third kappa shape index (κ3) is 2.13. The molecular formula is C11H14ClNO3. The second kappa shape index (κ2) is 5.18. The van der Waals surface area contributed by atoms with Crippen LogP contribution in [-0.4, -0.2) is 24.7 Å². The Morgan fingerprint density at radius 2 is 2.25 bits per heavy atom. The number of fused-ring (bicyclic) bond motifs is 1. The van der Waals surface area contributed by atoms with Crippen molar-refractivity contribution < 1.29 is 14.6 Å². The first-order valence-electron chi connectivity index (χ1n) is 4.87. The zero-order chi connectivity index (χ0) is 10.8. The average Bonchev–Trinajstić information content (AvgIpc) is 2.29. The number of ether oxygens (including phenoxy) is 1. The first kappa shape index (κ1) is 12.8. The van der Waals surface area contributed by atoms with Gasteiger partial charge in [0.05, 0.1) is 7.11 Å². The number of aromatic hydroxyl groups is 1. The Bertz CT molecular complexity index is 406. The maximum absolute atomic E-state index is 11.3. The number of methoxy groups -OCH3 is 1. The van der Waals surface area contributed by atoms with E-state index in [2.05, 4.69) is 10.1 Å². The van der Waals surface area contributed by atoms with Crippen molar-refractivity contribution in [3.8, 4) is 5.75 Å². The molecule has 0 saturated carbocycles. The molecular weight excluding hydrogens is 230 g/mol. The van der Waals surface area contributed by atoms with Crippen LogP contribution >= 0.6 is 12.4 Å². The molecule has 1 aliphatic rings. The van der Waals surface area contributed by atoms with E-state index in [1.807, 2.05) is 6.07 Å². The van der Waals surface area contributed by atoms with Crippen molar-refractivity contribution in [2.45, 2.75) is 13.0 Å². The summed E-state index contributed by atoms with van der Waals surface area (Å²) in [5.74, 6) is -0.422. The lowest BCUT2D eigenvalue weighted by Gasteiger charge is -2.19. The third-order valence-corrected chi connectivity index (χ3v) is 2.65. The molecule has 2 N–H and O–H groups in total. The summed E-state index contributed by atoms with van der Waals surface area (Å²) in [5.41, 5.74) is 2.15. The number of nitrogens with one attached hydrogen (secondary N) is 1. The smallest absolute Gasteiger partial charge is 0.341 e. The van der Waals surface area contributed by atoms with Gasteiger partial charge in [-0.05, 0) is 24.6 Å². The highest BCUT2D eigenvalue weighted by molar-refractivity contribution is 5.93. The van der Waals surface area contributed by atoms with Crippen molar-refractivity contribution in [1.29, 1.82) is 0 Å². The molecule has 88 valence electrons. The fraction of sp³-hybridized carbons (Fsp3) is 0.364. The fourth-order valence-corrected chi connectivity index (χ4v) is 1.83. The number of esters is 1. The first-order chi connectivity index (χ1) is 7.24. The van der Waals surface area contributed by atoms with Gasteiger partial charge < -0.3 is 15.2 Å². The van der Waals surface area contributed by atoms with Gasteiger partial charge >= 0.3 is 5.97 Å². The predicted octanol–water partition coefficient (Wildman–Crippen LogP) is 1.25. The molecule has 0 amide bonds. The van der Waals surface area contributed by atoms with Crippen LogP contribution in [-0.2, 0) is 17.7 Å². The van der Waals surface area contributed by atoms with Gasteiger partial charge in [0.2, 0.25) is 0 Å². The number of hydrogen-bond acceptors (Lipinski definition) is 4. The molecule has 1 aromatic carbocycles. The molecule has 16 heavy (non-hydrogen) atoms. The van der Waals surface area contributed by atoms with E-state index in [1.165, 1.54) is 7.11 Å². The normalized spacial score (nSPS) is 13.6. The molecule has 0 bridgehead atoms. The largest absolute Gasteiger partial charge is 0.507 e. The first-order valence-corrected chi connectivity index (χ1v) is 4.87. The standard InChI is InChI=1S/C11H13NO3.ClH/c1-15-11(14)9-3-2-7-6-12-5-4-8(7)10(9)13;/h2-3,12-13H,4-6H2,1H3;1H. The maximum Gasteiger partial charge on any atom is 0.341 e. The lowest BCUT2D eigenvalue weighted by Crippen LogP contribution is -2.24. The zero-order valence-corrected chi connectivity index (χ0v) is 9.76. The number of benzene rings is 1. The van der Waals surface area contributed by atoms with Crippen molar-refractivity contribution in [3.63, 3.8) is 0 Å². The molecule has 0 saturated heterocycles. The highest BCUT2D eigenvalue weighted by Gasteiger charge is 2.19. The zero-order valence-electron chi connectivity index (χ0n) is 8.95. The van der Waals surface area contributed by atoms with Crippen LogP contribution < -0.4 is 5.32 Å². The highest BCUT2D eigenvalue weighted by atomic mass is 35.5. The van der Waals surface area contributed by atoms with Gasteiger partial charge in [-0.3, -0.25) is 0 Å². The molecule has 2 rings (SSSR count). The summed E-state index contributed by atoms with van der Waals surface area (Å²) in [6.45, 7) is 1.57. The molecule has 5 heteroatoms. The van der Waals surface area contributed by atoms with Crippen LogP contribution in [0.3, 0.4) is 0 Å². The third-order valence-electron chi connectivity index (χ3n) is 2.65. The molecule has 0 atom stereocenters. The summed E-state index contributed by atoms with van der Waals surface area (Å²) in [4.78, 5) is 11.3. The van der Waals surface area contributed by atoms with Crippen LogP contribution in [0.1, 0.15) is 21.5 Å². The van der Waals surface area contributed by atoms with E-state index in [0.29, 0.717) is 0 Å². The molecule has 0 aromatic heterocycles. The number of rotatable bonds is 1. The van der Waals surface area contributed by atoms with E-state index in [1.54, 1.807) is 6.07 Å². The van der Waals surface area contributed by atoms with Crippen molar-refractivity contribution in [1.82, 2.24) is 5.32 Å². The minimum Gasteiger partial charge on any atom is -0.507 e. The summed E-state index contributed by atoms with van der Waals surface area (Å²) in [6.07, 6.45) is 0.742. The quantitative estimate of drug-likeness (QED) is 0.729. The molecule has 0 radical (unpaired) electrons. The van der Waals surface area contributed by atoms with E-state index in [0.717, 1.165) is 30.6 Å². The van der Waals surface area contributed by atoms with Crippen LogP contribution in [0.4, 0.5) is 0 Å². The minimum absolute atomic E-state index is 0. The van der Waals surface area contributed by atoms with E-state index < -0.39 is 5.97 Å². The van der Waals surface area contributed by atoms with Gasteiger partial charge in [-0.15, -0.1) is 12.4 Å². The van der Waals surface area contributed by atoms with E-state index in [9.17, 15) is 9.90 Å². The number of phenols is 1. The van der Waals surface area contributed by atoms with Gasteiger partial charge in [0.25, 0.3) is 0 Å².